The molecule has 1 aromatic rings. The van der Waals surface area contributed by atoms with Crippen LogP contribution in [0.4, 0.5) is 9.18 Å². The maximum Gasteiger partial charge on any atom is 0.322 e. The van der Waals surface area contributed by atoms with Crippen LogP contribution in [-0.4, -0.2) is 38.0 Å². The number of imide groups is 1. The monoisotopic (exact) mass is 340 g/mol. The lowest BCUT2D eigenvalue weighted by molar-refractivity contribution is -0.269. The number of amides is 3. The number of nitrogens with zero attached hydrogens (tertiary/aromatic N) is 1. The minimum absolute atomic E-state index is 0.115. The number of aliphatic imine (C=N–C) groups is 1. The number of carbonyl (C=O) groups excluding carboxylic acids is 2. The van der Waals surface area contributed by atoms with Gasteiger partial charge >= 0.3 is 6.03 Å². The van der Waals surface area contributed by atoms with Crippen LogP contribution in [0.2, 0.25) is 0 Å². The second-order valence-corrected chi connectivity index (χ2v) is 4.98. The zero-order chi connectivity index (χ0) is 17.7. The first-order chi connectivity index (χ1) is 11.4. The Morgan fingerprint density at radius 1 is 1.50 bits per heavy atom. The number of halogens is 1. The maximum atomic E-state index is 13.9. The fourth-order valence-electron chi connectivity index (χ4n) is 1.98. The van der Waals surface area contributed by atoms with E-state index in [9.17, 15) is 14.0 Å². The molecule has 4 N–H and O–H groups in total. The Balaban J connectivity index is 2.10. The molecule has 1 fully saturated rings. The van der Waals surface area contributed by atoms with Crippen LogP contribution in [0.25, 0.3) is 6.08 Å². The molecule has 1 aromatic heterocycles. The predicted octanol–water partition coefficient (Wildman–Crippen LogP) is 0.580. The lowest BCUT2D eigenvalue weighted by Crippen LogP contribution is -2.40. The molecule has 0 radical (unpaired) electrons. The molecule has 0 bridgehead atoms. The highest BCUT2D eigenvalue weighted by Crippen LogP contribution is 2.27. The summed E-state index contributed by atoms with van der Waals surface area (Å²) < 4.78 is 19.3. The van der Waals surface area contributed by atoms with Crippen LogP contribution in [0.3, 0.4) is 0 Å². The van der Waals surface area contributed by atoms with Crippen molar-refractivity contribution in [3.63, 3.8) is 0 Å². The highest BCUT2D eigenvalue weighted by molar-refractivity contribution is 6.06. The molecule has 1 saturated heterocycles. The first-order valence-electron chi connectivity index (χ1n) is 6.94. The summed E-state index contributed by atoms with van der Waals surface area (Å²) in [6, 6.07) is 2.28. The Labute approximate surface area is 136 Å². The second-order valence-electron chi connectivity index (χ2n) is 4.98. The van der Waals surface area contributed by atoms with Crippen molar-refractivity contribution in [1.82, 2.24) is 10.6 Å². The number of hydrogen-bond donors (Lipinski definition) is 3. The summed E-state index contributed by atoms with van der Waals surface area (Å²) in [7, 11) is 1.34. The van der Waals surface area contributed by atoms with Gasteiger partial charge < -0.3 is 15.5 Å². The van der Waals surface area contributed by atoms with Crippen LogP contribution in [0, 0.1) is 0 Å². The third-order valence-electron chi connectivity index (χ3n) is 3.25. The topological polar surface area (TPSA) is 128 Å². The smallest absolute Gasteiger partial charge is 0.322 e. The number of nitrogens with two attached hydrogens (primary N) is 1. The zero-order valence-corrected chi connectivity index (χ0v) is 13.1. The van der Waals surface area contributed by atoms with Crippen LogP contribution in [0.5, 0.6) is 0 Å². The molecule has 1 atom stereocenters. The van der Waals surface area contributed by atoms with Crippen molar-refractivity contribution < 1.29 is 28.2 Å². The third kappa shape index (κ3) is 3.78. The Bertz CT molecular complexity index is 699. The fourth-order valence-corrected chi connectivity index (χ4v) is 1.98. The molecule has 1 unspecified atom stereocenters. The number of nitrogens with one attached hydrogen (secondary N) is 2. The van der Waals surface area contributed by atoms with Crippen molar-refractivity contribution >= 4 is 23.8 Å². The molecule has 2 heterocycles. The molecular formula is C14H17FN4O5. The van der Waals surface area contributed by atoms with Gasteiger partial charge in [-0.2, -0.15) is 0 Å². The summed E-state index contributed by atoms with van der Waals surface area (Å²) in [6.07, 6.45) is 1.03. The quantitative estimate of drug-likeness (QED) is 0.166. The molecule has 1 aliphatic heterocycles. The second kappa shape index (κ2) is 7.23. The van der Waals surface area contributed by atoms with Gasteiger partial charge in [0.05, 0.1) is 13.7 Å². The van der Waals surface area contributed by atoms with Crippen LogP contribution in [-0.2, 0) is 20.1 Å². The first-order valence-corrected chi connectivity index (χ1v) is 6.94. The van der Waals surface area contributed by atoms with Gasteiger partial charge in [0.2, 0.25) is 0 Å². The number of furan rings is 1. The van der Waals surface area contributed by atoms with Gasteiger partial charge in [0.15, 0.2) is 17.2 Å². The van der Waals surface area contributed by atoms with E-state index in [0.29, 0.717) is 0 Å². The SMILES string of the molecule is COOCCN=C(N)/C(F)=C\c1ccc(C2(C)NC(=O)NC2=O)o1. The molecule has 9 nitrogen and oxygen atoms in total. The summed E-state index contributed by atoms with van der Waals surface area (Å²) in [4.78, 5) is 35.8. The number of carbonyl (C=O) groups is 2. The highest BCUT2D eigenvalue weighted by Gasteiger charge is 2.45. The molecule has 0 saturated carbocycles. The number of amidine groups is 1. The van der Waals surface area contributed by atoms with E-state index in [1.165, 1.54) is 26.2 Å². The van der Waals surface area contributed by atoms with Crippen LogP contribution in [0.1, 0.15) is 18.4 Å². The largest absolute Gasteiger partial charge is 0.459 e. The van der Waals surface area contributed by atoms with Gasteiger partial charge in [-0.3, -0.25) is 15.1 Å². The van der Waals surface area contributed by atoms with Gasteiger partial charge in [-0.05, 0) is 19.1 Å². The van der Waals surface area contributed by atoms with Crippen molar-refractivity contribution in [3.05, 3.63) is 29.5 Å². The number of rotatable bonds is 7. The van der Waals surface area contributed by atoms with E-state index in [1.807, 2.05) is 0 Å². The Hall–Kier alpha value is -2.72. The minimum Gasteiger partial charge on any atom is -0.459 e. The molecule has 2 rings (SSSR count). The van der Waals surface area contributed by atoms with E-state index in [2.05, 4.69) is 25.4 Å². The highest BCUT2D eigenvalue weighted by atomic mass is 19.1. The van der Waals surface area contributed by atoms with Gasteiger partial charge in [0, 0.05) is 6.08 Å². The van der Waals surface area contributed by atoms with Crippen molar-refractivity contribution in [2.24, 2.45) is 10.7 Å². The Morgan fingerprint density at radius 3 is 2.88 bits per heavy atom. The molecule has 0 aromatic carbocycles. The van der Waals surface area contributed by atoms with Gasteiger partial charge in [-0.1, -0.05) is 0 Å². The van der Waals surface area contributed by atoms with E-state index < -0.39 is 23.3 Å². The van der Waals surface area contributed by atoms with Crippen LogP contribution < -0.4 is 16.4 Å². The summed E-state index contributed by atoms with van der Waals surface area (Å²) in [5.74, 6) is -1.42. The van der Waals surface area contributed by atoms with Crippen molar-refractivity contribution in [2.75, 3.05) is 20.3 Å². The molecule has 3 amide bonds. The van der Waals surface area contributed by atoms with Crippen molar-refractivity contribution in [2.45, 2.75) is 12.5 Å². The Morgan fingerprint density at radius 2 is 2.25 bits per heavy atom. The Kier molecular flexibility index (Phi) is 5.31. The van der Waals surface area contributed by atoms with E-state index in [0.717, 1.165) is 6.08 Å². The maximum absolute atomic E-state index is 13.9. The lowest BCUT2D eigenvalue weighted by Gasteiger charge is -2.16. The molecule has 0 spiro atoms. The van der Waals surface area contributed by atoms with E-state index >= 15 is 0 Å². The van der Waals surface area contributed by atoms with Gasteiger partial charge in [-0.15, -0.1) is 0 Å². The summed E-state index contributed by atoms with van der Waals surface area (Å²) in [6.45, 7) is 1.72. The van der Waals surface area contributed by atoms with Crippen LogP contribution >= 0.6 is 0 Å². The molecule has 130 valence electrons. The van der Waals surface area contributed by atoms with Gasteiger partial charge in [0.1, 0.15) is 18.1 Å². The normalized spacial score (nSPS) is 21.8. The summed E-state index contributed by atoms with van der Waals surface area (Å²) in [5.41, 5.74) is 4.14. The van der Waals surface area contributed by atoms with Crippen molar-refractivity contribution in [1.29, 1.82) is 0 Å². The lowest BCUT2D eigenvalue weighted by atomic mass is 10.00. The van der Waals surface area contributed by atoms with Gasteiger partial charge in [-0.25, -0.2) is 19.0 Å². The van der Waals surface area contributed by atoms with Gasteiger partial charge in [0.25, 0.3) is 5.91 Å². The molecule has 10 heteroatoms. The number of hydrogen-bond acceptors (Lipinski definition) is 6. The zero-order valence-electron chi connectivity index (χ0n) is 13.1. The van der Waals surface area contributed by atoms with E-state index in [4.69, 9.17) is 10.2 Å². The minimum atomic E-state index is -1.35. The molecule has 24 heavy (non-hydrogen) atoms. The molecule has 0 aliphatic carbocycles. The standard InChI is InChI=1S/C14H17FN4O5/c1-14(12(20)18-13(21)19-14)10-4-3-8(24-10)7-9(15)11(16)17-5-6-23-22-2/h3-4,7H,5-6H2,1-2H3,(H2,16,17)(H2,18,19,20,21)/b9-7+. The van der Waals surface area contributed by atoms with E-state index in [1.54, 1.807) is 0 Å². The van der Waals surface area contributed by atoms with E-state index in [-0.39, 0.29) is 30.5 Å². The number of urea groups is 1. The average molecular weight is 340 g/mol. The predicted molar refractivity (Wildman–Crippen MR) is 81.3 cm³/mol. The average Bonchev–Trinajstić information content (AvgIpc) is 3.09. The molecular weight excluding hydrogens is 323 g/mol. The van der Waals surface area contributed by atoms with Crippen LogP contribution in [0.15, 0.2) is 27.4 Å². The molecule has 1 aliphatic rings. The first kappa shape index (κ1) is 17.6. The fraction of sp³-hybridized carbons (Fsp3) is 0.357. The summed E-state index contributed by atoms with van der Waals surface area (Å²) >= 11 is 0. The summed E-state index contributed by atoms with van der Waals surface area (Å²) in [5, 5.41) is 4.55. The third-order valence-corrected chi connectivity index (χ3v) is 3.25. The van der Waals surface area contributed by atoms with Crippen molar-refractivity contribution in [3.8, 4) is 0 Å².